The molecule has 0 aliphatic heterocycles. The molecule has 1 aliphatic rings. The van der Waals surface area contributed by atoms with Gasteiger partial charge in [0.05, 0.1) is 0 Å². The Morgan fingerprint density at radius 2 is 1.95 bits per heavy atom. The van der Waals surface area contributed by atoms with Crippen molar-refractivity contribution in [1.29, 1.82) is 0 Å². The first-order valence-electron chi connectivity index (χ1n) is 7.78. The summed E-state index contributed by atoms with van der Waals surface area (Å²) < 4.78 is 5.39. The molecule has 1 aliphatic carbocycles. The monoisotopic (exact) mass is 282 g/mol. The van der Waals surface area contributed by atoms with E-state index in [0.29, 0.717) is 23.5 Å². The molecular formula is C19H22O2. The van der Waals surface area contributed by atoms with E-state index in [2.05, 4.69) is 45.0 Å². The van der Waals surface area contributed by atoms with E-state index in [1.54, 1.807) is 0 Å². The molecule has 2 unspecified atom stereocenters. The minimum Gasteiger partial charge on any atom is -0.426 e. The lowest BCUT2D eigenvalue weighted by atomic mass is 9.80. The van der Waals surface area contributed by atoms with Gasteiger partial charge in [0.15, 0.2) is 0 Å². The second-order valence-electron chi connectivity index (χ2n) is 6.30. The minimum atomic E-state index is -0.263. The van der Waals surface area contributed by atoms with Crippen LogP contribution in [0.2, 0.25) is 0 Å². The Balaban J connectivity index is 2.27. The number of ether oxygens (including phenoxy) is 1. The van der Waals surface area contributed by atoms with Crippen molar-refractivity contribution in [3.05, 3.63) is 41.5 Å². The van der Waals surface area contributed by atoms with Gasteiger partial charge in [0.1, 0.15) is 5.75 Å². The van der Waals surface area contributed by atoms with Gasteiger partial charge in [-0.2, -0.15) is 0 Å². The fourth-order valence-electron chi connectivity index (χ4n) is 3.97. The fraction of sp³-hybridized carbons (Fsp3) is 0.421. The lowest BCUT2D eigenvalue weighted by molar-refractivity contribution is -0.131. The average Bonchev–Trinajstić information content (AvgIpc) is 2.77. The van der Waals surface area contributed by atoms with E-state index in [-0.39, 0.29) is 5.97 Å². The molecule has 0 saturated heterocycles. The Morgan fingerprint density at radius 3 is 2.57 bits per heavy atom. The zero-order chi connectivity index (χ0) is 15.1. The van der Waals surface area contributed by atoms with Gasteiger partial charge in [-0.05, 0) is 46.8 Å². The number of carbonyl (C=O) groups excluding carboxylic acids is 1. The third-order valence-corrected chi connectivity index (χ3v) is 4.67. The highest BCUT2D eigenvalue weighted by atomic mass is 16.5. The molecule has 0 bridgehead atoms. The minimum absolute atomic E-state index is 0.263. The van der Waals surface area contributed by atoms with Crippen molar-refractivity contribution in [3.63, 3.8) is 0 Å². The van der Waals surface area contributed by atoms with Crippen molar-refractivity contribution >= 4 is 16.7 Å². The lowest BCUT2D eigenvalue weighted by Gasteiger charge is -2.24. The van der Waals surface area contributed by atoms with Gasteiger partial charge < -0.3 is 4.74 Å². The number of carbonyl (C=O) groups is 1. The topological polar surface area (TPSA) is 26.3 Å². The maximum absolute atomic E-state index is 11.3. The summed E-state index contributed by atoms with van der Waals surface area (Å²) in [5.74, 6) is 2.14. The van der Waals surface area contributed by atoms with Crippen molar-refractivity contribution in [2.24, 2.45) is 5.92 Å². The first-order valence-corrected chi connectivity index (χ1v) is 7.78. The van der Waals surface area contributed by atoms with Crippen LogP contribution in [0.4, 0.5) is 0 Å². The number of hydrogen-bond donors (Lipinski definition) is 0. The van der Waals surface area contributed by atoms with Crippen LogP contribution in [-0.4, -0.2) is 5.97 Å². The van der Waals surface area contributed by atoms with E-state index in [9.17, 15) is 4.79 Å². The quantitative estimate of drug-likeness (QED) is 0.584. The highest BCUT2D eigenvalue weighted by molar-refractivity contribution is 5.97. The first-order chi connectivity index (χ1) is 10.0. The second-order valence-corrected chi connectivity index (χ2v) is 6.30. The van der Waals surface area contributed by atoms with E-state index in [0.717, 1.165) is 11.8 Å². The number of hydrogen-bond acceptors (Lipinski definition) is 2. The van der Waals surface area contributed by atoms with Crippen LogP contribution in [0.5, 0.6) is 5.75 Å². The van der Waals surface area contributed by atoms with Crippen LogP contribution in [0, 0.1) is 5.92 Å². The molecule has 2 atom stereocenters. The van der Waals surface area contributed by atoms with E-state index in [4.69, 9.17) is 4.74 Å². The van der Waals surface area contributed by atoms with Gasteiger partial charge in [-0.3, -0.25) is 4.79 Å². The highest BCUT2D eigenvalue weighted by Crippen LogP contribution is 2.52. The third kappa shape index (κ3) is 2.14. The second kappa shape index (κ2) is 5.18. The van der Waals surface area contributed by atoms with Gasteiger partial charge in [0.25, 0.3) is 0 Å². The van der Waals surface area contributed by atoms with Gasteiger partial charge in [0.2, 0.25) is 0 Å². The predicted molar refractivity (Wildman–Crippen MR) is 85.9 cm³/mol. The predicted octanol–water partition coefficient (Wildman–Crippen LogP) is 5.01. The standard InChI is InChI=1S/C19H22O2/c1-5-13-14-7-6-8-15-17(21-12(4)20)10-9-16(19(14)15)18(13)11(2)3/h6-11,13,18H,5H2,1-4H3. The van der Waals surface area contributed by atoms with Crippen LogP contribution < -0.4 is 4.74 Å². The van der Waals surface area contributed by atoms with Crippen molar-refractivity contribution in [2.75, 3.05) is 0 Å². The van der Waals surface area contributed by atoms with Crippen LogP contribution >= 0.6 is 0 Å². The molecule has 2 aromatic carbocycles. The molecule has 0 radical (unpaired) electrons. The molecule has 3 rings (SSSR count). The summed E-state index contributed by atoms with van der Waals surface area (Å²) in [5.41, 5.74) is 2.83. The molecule has 110 valence electrons. The molecule has 0 fully saturated rings. The number of benzene rings is 2. The van der Waals surface area contributed by atoms with E-state index < -0.39 is 0 Å². The molecule has 2 nitrogen and oxygen atoms in total. The lowest BCUT2D eigenvalue weighted by Crippen LogP contribution is -2.11. The summed E-state index contributed by atoms with van der Waals surface area (Å²) in [6, 6.07) is 10.5. The van der Waals surface area contributed by atoms with Crippen LogP contribution in [0.25, 0.3) is 10.8 Å². The van der Waals surface area contributed by atoms with Crippen LogP contribution in [0.1, 0.15) is 57.1 Å². The van der Waals surface area contributed by atoms with Gasteiger partial charge in [-0.25, -0.2) is 0 Å². The summed E-state index contributed by atoms with van der Waals surface area (Å²) in [6.07, 6.45) is 1.14. The fourth-order valence-corrected chi connectivity index (χ4v) is 3.97. The summed E-state index contributed by atoms with van der Waals surface area (Å²) in [4.78, 5) is 11.3. The van der Waals surface area contributed by atoms with Crippen molar-refractivity contribution in [1.82, 2.24) is 0 Å². The largest absolute Gasteiger partial charge is 0.426 e. The molecule has 0 N–H and O–H groups in total. The molecule has 0 heterocycles. The van der Waals surface area contributed by atoms with Gasteiger partial charge >= 0.3 is 5.97 Å². The number of esters is 1. The first kappa shape index (κ1) is 14.1. The Labute approximate surface area is 126 Å². The maximum Gasteiger partial charge on any atom is 0.308 e. The van der Waals surface area contributed by atoms with Crippen molar-refractivity contribution < 1.29 is 9.53 Å². The third-order valence-electron chi connectivity index (χ3n) is 4.67. The Hall–Kier alpha value is -1.83. The summed E-state index contributed by atoms with van der Waals surface area (Å²) in [5, 5.41) is 2.38. The zero-order valence-corrected chi connectivity index (χ0v) is 13.1. The average molecular weight is 282 g/mol. The van der Waals surface area contributed by atoms with E-state index in [1.165, 1.54) is 23.4 Å². The molecule has 0 aromatic heterocycles. The molecule has 21 heavy (non-hydrogen) atoms. The molecular weight excluding hydrogens is 260 g/mol. The summed E-state index contributed by atoms with van der Waals surface area (Å²) in [6.45, 7) is 8.31. The zero-order valence-electron chi connectivity index (χ0n) is 13.1. The van der Waals surface area contributed by atoms with Crippen LogP contribution in [0.15, 0.2) is 30.3 Å². The maximum atomic E-state index is 11.3. The Morgan fingerprint density at radius 1 is 1.19 bits per heavy atom. The van der Waals surface area contributed by atoms with Gasteiger partial charge in [-0.1, -0.05) is 45.0 Å². The molecule has 2 aromatic rings. The Bertz CT molecular complexity index is 700. The van der Waals surface area contributed by atoms with Gasteiger partial charge in [-0.15, -0.1) is 0 Å². The smallest absolute Gasteiger partial charge is 0.308 e. The summed E-state index contributed by atoms with van der Waals surface area (Å²) >= 11 is 0. The molecule has 0 saturated carbocycles. The van der Waals surface area contributed by atoms with Crippen molar-refractivity contribution in [3.8, 4) is 5.75 Å². The molecule has 0 spiro atoms. The highest BCUT2D eigenvalue weighted by Gasteiger charge is 2.35. The Kier molecular flexibility index (Phi) is 3.48. The van der Waals surface area contributed by atoms with Gasteiger partial charge in [0, 0.05) is 12.3 Å². The van der Waals surface area contributed by atoms with E-state index >= 15 is 0 Å². The molecule has 0 amide bonds. The SMILES string of the molecule is CCC1c2cccc3c(OC(C)=O)ccc(c23)C1C(C)C. The summed E-state index contributed by atoms with van der Waals surface area (Å²) in [7, 11) is 0. The van der Waals surface area contributed by atoms with Crippen LogP contribution in [0.3, 0.4) is 0 Å². The van der Waals surface area contributed by atoms with Crippen LogP contribution in [-0.2, 0) is 4.79 Å². The molecule has 2 heteroatoms. The van der Waals surface area contributed by atoms with Crippen molar-refractivity contribution in [2.45, 2.75) is 46.0 Å². The normalized spacial score (nSPS) is 20.2. The van der Waals surface area contributed by atoms with E-state index in [1.807, 2.05) is 6.07 Å². The number of rotatable bonds is 3.